The number of benzene rings is 2. The molecule has 1 aliphatic rings. The molecular formula is C20H19N3O5S. The maximum Gasteiger partial charge on any atom is 0.308 e. The fraction of sp³-hybridized carbons (Fsp3) is 0.200. The van der Waals surface area contributed by atoms with E-state index in [0.29, 0.717) is 16.9 Å². The molecule has 3 amide bonds. The van der Waals surface area contributed by atoms with Crippen molar-refractivity contribution in [1.82, 2.24) is 0 Å². The van der Waals surface area contributed by atoms with E-state index in [4.69, 9.17) is 10.5 Å². The summed E-state index contributed by atoms with van der Waals surface area (Å²) in [5, 5.41) is 4.71. The van der Waals surface area contributed by atoms with Crippen LogP contribution < -0.4 is 16.4 Å². The Hall–Kier alpha value is -3.33. The van der Waals surface area contributed by atoms with Gasteiger partial charge >= 0.3 is 5.97 Å². The van der Waals surface area contributed by atoms with Gasteiger partial charge in [0, 0.05) is 16.1 Å². The van der Waals surface area contributed by atoms with E-state index in [0.717, 1.165) is 4.90 Å². The third-order valence-corrected chi connectivity index (χ3v) is 5.45. The highest BCUT2D eigenvalue weighted by atomic mass is 32.2. The number of hydrogen-bond acceptors (Lipinski definition) is 6. The van der Waals surface area contributed by atoms with Gasteiger partial charge in [0.05, 0.1) is 17.4 Å². The van der Waals surface area contributed by atoms with Crippen molar-refractivity contribution in [2.45, 2.75) is 29.6 Å². The van der Waals surface area contributed by atoms with Gasteiger partial charge in [0.1, 0.15) is 0 Å². The van der Waals surface area contributed by atoms with E-state index < -0.39 is 29.1 Å². The zero-order valence-corrected chi connectivity index (χ0v) is 16.3. The van der Waals surface area contributed by atoms with Crippen LogP contribution in [0.3, 0.4) is 0 Å². The number of rotatable bonds is 6. The molecule has 0 bridgehead atoms. The van der Waals surface area contributed by atoms with Crippen LogP contribution in [0.2, 0.25) is 0 Å². The second kappa shape index (κ2) is 8.78. The molecule has 0 saturated carbocycles. The third kappa shape index (κ3) is 5.14. The average Bonchev–Trinajstić information content (AvgIpc) is 2.68. The normalized spacial score (nSPS) is 16.2. The summed E-state index contributed by atoms with van der Waals surface area (Å²) in [7, 11) is 0. The van der Waals surface area contributed by atoms with Gasteiger partial charge in [-0.3, -0.25) is 19.2 Å². The number of amides is 3. The van der Waals surface area contributed by atoms with Crippen molar-refractivity contribution in [2.75, 3.05) is 10.6 Å². The van der Waals surface area contributed by atoms with E-state index in [-0.39, 0.29) is 12.3 Å². The maximum atomic E-state index is 12.2. The molecule has 2 aromatic rings. The molecule has 0 saturated heterocycles. The molecule has 9 heteroatoms. The highest BCUT2D eigenvalue weighted by molar-refractivity contribution is 8.01. The SMILES string of the molecule is C[C@H](OC(=O)C[C@@H]1Sc2ccccc2NC1=O)C(=O)Nc1ccc(C(N)=O)cc1. The van der Waals surface area contributed by atoms with Crippen LogP contribution in [0.4, 0.5) is 11.4 Å². The van der Waals surface area contributed by atoms with E-state index in [1.165, 1.54) is 43.0 Å². The maximum absolute atomic E-state index is 12.2. The lowest BCUT2D eigenvalue weighted by Crippen LogP contribution is -2.34. The minimum absolute atomic E-state index is 0.157. The first kappa shape index (κ1) is 20.4. The van der Waals surface area contributed by atoms with Gasteiger partial charge in [-0.15, -0.1) is 11.8 Å². The summed E-state index contributed by atoms with van der Waals surface area (Å²) in [6.07, 6.45) is -1.21. The monoisotopic (exact) mass is 413 g/mol. The first-order valence-corrected chi connectivity index (χ1v) is 9.68. The topological polar surface area (TPSA) is 128 Å². The number of anilines is 2. The van der Waals surface area contributed by atoms with Gasteiger partial charge in [-0.05, 0) is 43.3 Å². The molecule has 1 heterocycles. The number of carbonyl (C=O) groups is 4. The second-order valence-electron chi connectivity index (χ2n) is 6.36. The quantitative estimate of drug-likeness (QED) is 0.623. The Morgan fingerprint density at radius 3 is 2.55 bits per heavy atom. The number of nitrogens with two attached hydrogens (primary N) is 1. The molecule has 8 nitrogen and oxygen atoms in total. The molecular weight excluding hydrogens is 394 g/mol. The molecule has 0 unspecified atom stereocenters. The Morgan fingerprint density at radius 1 is 1.17 bits per heavy atom. The predicted molar refractivity (Wildman–Crippen MR) is 108 cm³/mol. The Morgan fingerprint density at radius 2 is 1.86 bits per heavy atom. The van der Waals surface area contributed by atoms with Crippen LogP contribution in [0.5, 0.6) is 0 Å². The smallest absolute Gasteiger partial charge is 0.308 e. The number of nitrogens with one attached hydrogen (secondary N) is 2. The van der Waals surface area contributed by atoms with E-state index in [1.807, 2.05) is 18.2 Å². The van der Waals surface area contributed by atoms with Gasteiger partial charge in [0.25, 0.3) is 5.91 Å². The third-order valence-electron chi connectivity index (χ3n) is 4.17. The molecule has 3 rings (SSSR count). The first-order chi connectivity index (χ1) is 13.8. The van der Waals surface area contributed by atoms with Crippen LogP contribution >= 0.6 is 11.8 Å². The number of carbonyl (C=O) groups excluding carboxylic acids is 4. The van der Waals surface area contributed by atoms with Gasteiger partial charge < -0.3 is 21.1 Å². The van der Waals surface area contributed by atoms with Crippen LogP contribution in [0.1, 0.15) is 23.7 Å². The summed E-state index contributed by atoms with van der Waals surface area (Å²) in [6, 6.07) is 13.3. The van der Waals surface area contributed by atoms with E-state index in [2.05, 4.69) is 10.6 Å². The fourth-order valence-corrected chi connectivity index (χ4v) is 3.73. The van der Waals surface area contributed by atoms with Crippen molar-refractivity contribution in [3.8, 4) is 0 Å². The van der Waals surface area contributed by atoms with Gasteiger partial charge in [-0.2, -0.15) is 0 Å². The first-order valence-electron chi connectivity index (χ1n) is 8.80. The Bertz CT molecular complexity index is 961. The summed E-state index contributed by atoms with van der Waals surface area (Å²) in [5.74, 6) is -2.03. The van der Waals surface area contributed by atoms with E-state index in [1.54, 1.807) is 6.07 Å². The zero-order chi connectivity index (χ0) is 21.0. The summed E-state index contributed by atoms with van der Waals surface area (Å²) in [4.78, 5) is 48.5. The molecule has 150 valence electrons. The number of primary amides is 1. The number of ether oxygens (including phenoxy) is 1. The average molecular weight is 413 g/mol. The van der Waals surface area contributed by atoms with Crippen molar-refractivity contribution < 1.29 is 23.9 Å². The highest BCUT2D eigenvalue weighted by Gasteiger charge is 2.30. The van der Waals surface area contributed by atoms with Gasteiger partial charge in [0.2, 0.25) is 11.8 Å². The van der Waals surface area contributed by atoms with Crippen molar-refractivity contribution in [2.24, 2.45) is 5.73 Å². The Balaban J connectivity index is 1.52. The summed E-state index contributed by atoms with van der Waals surface area (Å²) >= 11 is 1.28. The van der Waals surface area contributed by atoms with Crippen LogP contribution in [0.15, 0.2) is 53.4 Å². The molecule has 0 radical (unpaired) electrons. The van der Waals surface area contributed by atoms with Crippen molar-refractivity contribution in [1.29, 1.82) is 0 Å². The fourth-order valence-electron chi connectivity index (χ4n) is 2.64. The standard InChI is InChI=1S/C20H19N3O5S/c1-11(19(26)22-13-8-6-12(7-9-13)18(21)25)28-17(24)10-16-20(27)23-14-4-2-3-5-15(14)29-16/h2-9,11,16H,10H2,1H3,(H2,21,25)(H,22,26)(H,23,27)/t11-,16-/m0/s1. The van der Waals surface area contributed by atoms with Crippen molar-refractivity contribution in [3.05, 3.63) is 54.1 Å². The lowest BCUT2D eigenvalue weighted by Gasteiger charge is -2.23. The predicted octanol–water partition coefficient (Wildman–Crippen LogP) is 2.16. The summed E-state index contributed by atoms with van der Waals surface area (Å²) in [6.45, 7) is 1.44. The number of esters is 1. The molecule has 29 heavy (non-hydrogen) atoms. The highest BCUT2D eigenvalue weighted by Crippen LogP contribution is 2.36. The second-order valence-corrected chi connectivity index (χ2v) is 7.60. The molecule has 1 aliphatic heterocycles. The summed E-state index contributed by atoms with van der Waals surface area (Å²) < 4.78 is 5.17. The van der Waals surface area contributed by atoms with Crippen LogP contribution in [-0.4, -0.2) is 35.0 Å². The molecule has 4 N–H and O–H groups in total. The number of fused-ring (bicyclic) bond motifs is 1. The minimum Gasteiger partial charge on any atom is -0.452 e. The van der Waals surface area contributed by atoms with Gasteiger partial charge in [-0.1, -0.05) is 12.1 Å². The molecule has 2 aromatic carbocycles. The van der Waals surface area contributed by atoms with Crippen molar-refractivity contribution in [3.63, 3.8) is 0 Å². The Kier molecular flexibility index (Phi) is 6.18. The molecule has 0 fully saturated rings. The number of hydrogen-bond donors (Lipinski definition) is 3. The minimum atomic E-state index is -1.05. The largest absolute Gasteiger partial charge is 0.452 e. The molecule has 2 atom stereocenters. The van der Waals surface area contributed by atoms with Crippen LogP contribution in [0, 0.1) is 0 Å². The van der Waals surface area contributed by atoms with Crippen LogP contribution in [0.25, 0.3) is 0 Å². The molecule has 0 aromatic heterocycles. The number of thioether (sulfide) groups is 1. The Labute approximate surface area is 171 Å². The van der Waals surface area contributed by atoms with Gasteiger partial charge in [-0.25, -0.2) is 0 Å². The van der Waals surface area contributed by atoms with Gasteiger partial charge in [0.15, 0.2) is 6.10 Å². The van der Waals surface area contributed by atoms with E-state index in [9.17, 15) is 19.2 Å². The molecule has 0 aliphatic carbocycles. The lowest BCUT2D eigenvalue weighted by atomic mass is 10.2. The molecule has 0 spiro atoms. The zero-order valence-electron chi connectivity index (χ0n) is 15.5. The van der Waals surface area contributed by atoms with Crippen LogP contribution in [-0.2, 0) is 19.1 Å². The van der Waals surface area contributed by atoms with Crippen molar-refractivity contribution >= 4 is 46.8 Å². The van der Waals surface area contributed by atoms with E-state index >= 15 is 0 Å². The summed E-state index contributed by atoms with van der Waals surface area (Å²) in [5.41, 5.74) is 6.62. The lowest BCUT2D eigenvalue weighted by molar-refractivity contribution is -0.153. The number of para-hydroxylation sites is 1.